The van der Waals surface area contributed by atoms with Crippen LogP contribution in [0.3, 0.4) is 0 Å². The van der Waals surface area contributed by atoms with Crippen LogP contribution in [-0.4, -0.2) is 15.3 Å². The molecule has 0 saturated heterocycles. The summed E-state index contributed by atoms with van der Waals surface area (Å²) in [5, 5.41) is 0. The molecule has 0 fully saturated rings. The van der Waals surface area contributed by atoms with Crippen molar-refractivity contribution in [3.63, 3.8) is 0 Å². The molecule has 1 aromatic rings. The highest BCUT2D eigenvalue weighted by atomic mass is 15.0. The van der Waals surface area contributed by atoms with E-state index < -0.39 is 0 Å². The molecule has 0 radical (unpaired) electrons. The van der Waals surface area contributed by atoms with E-state index in [1.165, 1.54) is 0 Å². The predicted octanol–water partition coefficient (Wildman–Crippen LogP) is 1.13. The first-order chi connectivity index (χ1) is 5.38. The Balaban J connectivity index is 2.37. The maximum atomic E-state index is 4.19. The molecule has 0 saturated carbocycles. The smallest absolute Gasteiger partial charge is 0.154 e. The number of aliphatic imine (C=N–C) groups is 1. The minimum Gasteiger partial charge on any atom is -0.333 e. The van der Waals surface area contributed by atoms with Gasteiger partial charge in [-0.3, -0.25) is 4.99 Å². The number of nitrogens with zero attached hydrogens (tertiary/aromatic N) is 3. The molecular weight excluding hydrogens is 138 g/mol. The average molecular weight is 147 g/mol. The number of hydrogen-bond donors (Lipinski definition) is 0. The van der Waals surface area contributed by atoms with Gasteiger partial charge in [-0.1, -0.05) is 6.08 Å². The molecule has 0 spiro atoms. The van der Waals surface area contributed by atoms with Gasteiger partial charge in [0.1, 0.15) is 0 Å². The molecule has 2 heterocycles. The quantitative estimate of drug-likeness (QED) is 0.585. The molecule has 0 atom stereocenters. The van der Waals surface area contributed by atoms with Crippen LogP contribution < -0.4 is 0 Å². The van der Waals surface area contributed by atoms with Crippen molar-refractivity contribution in [1.29, 1.82) is 0 Å². The second-order valence-electron chi connectivity index (χ2n) is 2.53. The topological polar surface area (TPSA) is 30.2 Å². The zero-order valence-electron chi connectivity index (χ0n) is 6.36. The third kappa shape index (κ3) is 0.981. The maximum Gasteiger partial charge on any atom is 0.154 e. The molecule has 1 aromatic heterocycles. The molecule has 11 heavy (non-hydrogen) atoms. The van der Waals surface area contributed by atoms with E-state index in [4.69, 9.17) is 0 Å². The summed E-state index contributed by atoms with van der Waals surface area (Å²) in [6.07, 6.45) is 8.48. The summed E-state index contributed by atoms with van der Waals surface area (Å²) in [5.74, 6) is 0.968. The molecule has 2 rings (SSSR count). The number of hydrogen-bond acceptors (Lipinski definition) is 2. The summed E-state index contributed by atoms with van der Waals surface area (Å²) in [7, 11) is 1.98. The molecule has 1 aliphatic heterocycles. The first kappa shape index (κ1) is 6.34. The summed E-state index contributed by atoms with van der Waals surface area (Å²) < 4.78 is 1.98. The Kier molecular flexibility index (Phi) is 1.35. The van der Waals surface area contributed by atoms with E-state index in [0.29, 0.717) is 0 Å². The van der Waals surface area contributed by atoms with E-state index in [2.05, 4.69) is 9.98 Å². The summed E-state index contributed by atoms with van der Waals surface area (Å²) in [4.78, 5) is 8.38. The molecule has 0 aromatic carbocycles. The summed E-state index contributed by atoms with van der Waals surface area (Å²) in [6.45, 7) is 0. The van der Waals surface area contributed by atoms with Crippen LogP contribution >= 0.6 is 0 Å². The number of rotatable bonds is 1. The molecule has 1 aliphatic rings. The van der Waals surface area contributed by atoms with Gasteiger partial charge in [-0.15, -0.1) is 0 Å². The Morgan fingerprint density at radius 2 is 2.45 bits per heavy atom. The zero-order chi connectivity index (χ0) is 7.68. The fourth-order valence-electron chi connectivity index (χ4n) is 1.15. The van der Waals surface area contributed by atoms with Gasteiger partial charge in [0.25, 0.3) is 0 Å². The highest BCUT2D eigenvalue weighted by Gasteiger charge is 2.08. The van der Waals surface area contributed by atoms with Gasteiger partial charge < -0.3 is 4.57 Å². The predicted molar refractivity (Wildman–Crippen MR) is 43.5 cm³/mol. The monoisotopic (exact) mass is 147 g/mol. The van der Waals surface area contributed by atoms with Gasteiger partial charge >= 0.3 is 0 Å². The Labute approximate surface area is 65.1 Å². The van der Waals surface area contributed by atoms with Crippen LogP contribution in [0.25, 0.3) is 0 Å². The van der Waals surface area contributed by atoms with Gasteiger partial charge in [0.15, 0.2) is 5.82 Å². The standard InChI is InChI=1S/C8H9N3/c1-11-6-5-10-8(11)7-3-2-4-9-7/h2,4-6H,3H2,1H3. The van der Waals surface area contributed by atoms with E-state index in [9.17, 15) is 0 Å². The second-order valence-corrected chi connectivity index (χ2v) is 2.53. The zero-order valence-corrected chi connectivity index (χ0v) is 6.36. The van der Waals surface area contributed by atoms with Crippen LogP contribution in [0.1, 0.15) is 12.2 Å². The van der Waals surface area contributed by atoms with Gasteiger partial charge in [-0.05, 0) is 0 Å². The Bertz CT molecular complexity index is 320. The lowest BCUT2D eigenvalue weighted by Crippen LogP contribution is -2.05. The molecule has 0 aliphatic carbocycles. The molecule has 0 unspecified atom stereocenters. The Morgan fingerprint density at radius 3 is 3.00 bits per heavy atom. The number of aryl methyl sites for hydroxylation is 1. The van der Waals surface area contributed by atoms with Crippen molar-refractivity contribution in [2.75, 3.05) is 0 Å². The lowest BCUT2D eigenvalue weighted by molar-refractivity contribution is 0.894. The van der Waals surface area contributed by atoms with Crippen molar-refractivity contribution >= 4 is 5.71 Å². The second kappa shape index (κ2) is 2.34. The normalized spacial score (nSPS) is 15.5. The van der Waals surface area contributed by atoms with Crippen molar-refractivity contribution in [3.8, 4) is 0 Å². The van der Waals surface area contributed by atoms with E-state index in [1.54, 1.807) is 6.20 Å². The number of imidazole rings is 1. The minimum atomic E-state index is 0.908. The molecule has 3 heteroatoms. The summed E-state index contributed by atoms with van der Waals surface area (Å²) in [5.41, 5.74) is 1.05. The first-order valence-corrected chi connectivity index (χ1v) is 3.57. The molecule has 3 nitrogen and oxygen atoms in total. The molecule has 0 N–H and O–H groups in total. The highest BCUT2D eigenvalue weighted by Crippen LogP contribution is 2.07. The summed E-state index contributed by atoms with van der Waals surface area (Å²) >= 11 is 0. The van der Waals surface area contributed by atoms with E-state index in [1.807, 2.05) is 30.1 Å². The van der Waals surface area contributed by atoms with Gasteiger partial charge in [0.2, 0.25) is 0 Å². The van der Waals surface area contributed by atoms with Crippen LogP contribution in [0.5, 0.6) is 0 Å². The maximum absolute atomic E-state index is 4.19. The summed E-state index contributed by atoms with van der Waals surface area (Å²) in [6, 6.07) is 0. The molecule has 56 valence electrons. The van der Waals surface area contributed by atoms with Crippen molar-refractivity contribution < 1.29 is 0 Å². The average Bonchev–Trinajstić information content (AvgIpc) is 2.55. The van der Waals surface area contributed by atoms with Crippen LogP contribution in [0.2, 0.25) is 0 Å². The van der Waals surface area contributed by atoms with Crippen molar-refractivity contribution in [2.45, 2.75) is 6.42 Å². The van der Waals surface area contributed by atoms with Crippen molar-refractivity contribution in [2.24, 2.45) is 12.0 Å². The van der Waals surface area contributed by atoms with Crippen LogP contribution in [0, 0.1) is 0 Å². The number of allylic oxidation sites excluding steroid dienone is 1. The Morgan fingerprint density at radius 1 is 1.55 bits per heavy atom. The Hall–Kier alpha value is -1.38. The van der Waals surface area contributed by atoms with Gasteiger partial charge in [0, 0.05) is 32.1 Å². The third-order valence-electron chi connectivity index (χ3n) is 1.73. The third-order valence-corrected chi connectivity index (χ3v) is 1.73. The van der Waals surface area contributed by atoms with Gasteiger partial charge in [-0.25, -0.2) is 4.98 Å². The molecule has 0 amide bonds. The van der Waals surface area contributed by atoms with E-state index in [-0.39, 0.29) is 0 Å². The lowest BCUT2D eigenvalue weighted by atomic mass is 10.3. The number of aromatic nitrogens is 2. The van der Waals surface area contributed by atoms with Crippen molar-refractivity contribution in [3.05, 3.63) is 30.5 Å². The van der Waals surface area contributed by atoms with Gasteiger partial charge in [0.05, 0.1) is 5.71 Å². The van der Waals surface area contributed by atoms with E-state index >= 15 is 0 Å². The van der Waals surface area contributed by atoms with Crippen LogP contribution in [-0.2, 0) is 7.05 Å². The molecular formula is C8H9N3. The lowest BCUT2D eigenvalue weighted by Gasteiger charge is -1.98. The van der Waals surface area contributed by atoms with Crippen molar-refractivity contribution in [1.82, 2.24) is 9.55 Å². The molecule has 0 bridgehead atoms. The SMILES string of the molecule is Cn1ccnc1C1=NC=CC1. The van der Waals surface area contributed by atoms with Crippen LogP contribution in [0.15, 0.2) is 29.7 Å². The van der Waals surface area contributed by atoms with Crippen LogP contribution in [0.4, 0.5) is 0 Å². The fourth-order valence-corrected chi connectivity index (χ4v) is 1.15. The highest BCUT2D eigenvalue weighted by molar-refractivity contribution is 6.00. The largest absolute Gasteiger partial charge is 0.333 e. The van der Waals surface area contributed by atoms with Gasteiger partial charge in [-0.2, -0.15) is 0 Å². The fraction of sp³-hybridized carbons (Fsp3) is 0.250. The minimum absolute atomic E-state index is 0.908. The van der Waals surface area contributed by atoms with E-state index in [0.717, 1.165) is 18.0 Å². The first-order valence-electron chi connectivity index (χ1n) is 3.57.